The summed E-state index contributed by atoms with van der Waals surface area (Å²) in [6.07, 6.45) is 0.327. The smallest absolute Gasteiger partial charge is 0.249 e. The largest absolute Gasteiger partial charge is 0.341 e. The molecule has 4 unspecified atom stereocenters. The molecule has 4 nitrogen and oxygen atoms in total. The van der Waals surface area contributed by atoms with Crippen molar-refractivity contribution in [1.29, 1.82) is 0 Å². The maximum Gasteiger partial charge on any atom is 0.249 e. The molecular formula is C15H18N2O2S. The molecule has 5 heteroatoms. The lowest BCUT2D eigenvalue weighted by atomic mass is 10.0. The van der Waals surface area contributed by atoms with E-state index in [9.17, 15) is 9.59 Å². The molecule has 4 atom stereocenters. The standard InChI is InChI=1S/C15H18N2O2S/c1-9-10(2)20-15-13(14(19)17(9)15)16-12(18)8-11-6-4-3-5-7-11/h3-7,9-10,13,15H,8H2,1-2H3,(H,16,18). The normalized spacial score (nSPS) is 31.7. The molecule has 0 saturated carbocycles. The van der Waals surface area contributed by atoms with Gasteiger partial charge in [0.05, 0.1) is 6.42 Å². The van der Waals surface area contributed by atoms with E-state index in [0.717, 1.165) is 5.56 Å². The molecular weight excluding hydrogens is 272 g/mol. The van der Waals surface area contributed by atoms with Crippen LogP contribution in [0.3, 0.4) is 0 Å². The number of hydrogen-bond donors (Lipinski definition) is 1. The Morgan fingerprint density at radius 1 is 1.30 bits per heavy atom. The van der Waals surface area contributed by atoms with Gasteiger partial charge < -0.3 is 10.2 Å². The number of amides is 2. The fraction of sp³-hybridized carbons (Fsp3) is 0.467. The van der Waals surface area contributed by atoms with Crippen LogP contribution in [0.4, 0.5) is 0 Å². The fourth-order valence-electron chi connectivity index (χ4n) is 2.76. The van der Waals surface area contributed by atoms with Crippen LogP contribution in [0, 0.1) is 0 Å². The summed E-state index contributed by atoms with van der Waals surface area (Å²) in [5.74, 6) is -0.0252. The van der Waals surface area contributed by atoms with Crippen LogP contribution in [0.25, 0.3) is 0 Å². The van der Waals surface area contributed by atoms with Crippen LogP contribution < -0.4 is 5.32 Å². The molecule has 3 rings (SSSR count). The first-order valence-electron chi connectivity index (χ1n) is 6.89. The first-order valence-corrected chi connectivity index (χ1v) is 7.83. The third kappa shape index (κ3) is 2.20. The van der Waals surface area contributed by atoms with E-state index in [4.69, 9.17) is 0 Å². The molecule has 106 valence electrons. The molecule has 2 saturated heterocycles. The Labute approximate surface area is 122 Å². The molecule has 20 heavy (non-hydrogen) atoms. The number of β-lactam (4-membered cyclic amide) rings is 1. The Hall–Kier alpha value is -1.49. The van der Waals surface area contributed by atoms with E-state index >= 15 is 0 Å². The van der Waals surface area contributed by atoms with E-state index < -0.39 is 0 Å². The second-order valence-corrected chi connectivity index (χ2v) is 6.92. The van der Waals surface area contributed by atoms with Crippen LogP contribution in [0.2, 0.25) is 0 Å². The van der Waals surface area contributed by atoms with Crippen molar-refractivity contribution >= 4 is 23.6 Å². The van der Waals surface area contributed by atoms with E-state index in [2.05, 4.69) is 19.2 Å². The third-order valence-corrected chi connectivity index (χ3v) is 5.68. The minimum atomic E-state index is -0.344. The molecule has 2 amide bonds. The Kier molecular flexibility index (Phi) is 3.46. The zero-order valence-electron chi connectivity index (χ0n) is 11.6. The molecule has 0 bridgehead atoms. The fourth-order valence-corrected chi connectivity index (χ4v) is 4.33. The van der Waals surface area contributed by atoms with E-state index in [1.165, 1.54) is 0 Å². The SMILES string of the molecule is CC1SC2C(NC(=O)Cc3ccccc3)C(=O)N2C1C. The van der Waals surface area contributed by atoms with Gasteiger partial charge >= 0.3 is 0 Å². The van der Waals surface area contributed by atoms with Crippen molar-refractivity contribution in [1.82, 2.24) is 10.2 Å². The van der Waals surface area contributed by atoms with Gasteiger partial charge in [-0.25, -0.2) is 0 Å². The highest BCUT2D eigenvalue weighted by molar-refractivity contribution is 8.01. The first-order chi connectivity index (χ1) is 9.58. The van der Waals surface area contributed by atoms with Gasteiger partial charge in [0, 0.05) is 11.3 Å². The van der Waals surface area contributed by atoms with E-state index in [1.807, 2.05) is 35.2 Å². The zero-order valence-corrected chi connectivity index (χ0v) is 12.4. The highest BCUT2D eigenvalue weighted by Gasteiger charge is 2.56. The van der Waals surface area contributed by atoms with Crippen LogP contribution in [-0.2, 0) is 16.0 Å². The van der Waals surface area contributed by atoms with Crippen molar-refractivity contribution < 1.29 is 9.59 Å². The molecule has 0 aliphatic carbocycles. The van der Waals surface area contributed by atoms with Crippen molar-refractivity contribution in [3.8, 4) is 0 Å². The van der Waals surface area contributed by atoms with Crippen molar-refractivity contribution in [2.75, 3.05) is 0 Å². The van der Waals surface area contributed by atoms with Crippen LogP contribution in [-0.4, -0.2) is 39.4 Å². The lowest BCUT2D eigenvalue weighted by molar-refractivity contribution is -0.150. The average molecular weight is 290 g/mol. The summed E-state index contributed by atoms with van der Waals surface area (Å²) < 4.78 is 0. The first kappa shape index (κ1) is 13.5. The Morgan fingerprint density at radius 2 is 2.00 bits per heavy atom. The number of benzene rings is 1. The van der Waals surface area contributed by atoms with Crippen LogP contribution in [0.1, 0.15) is 19.4 Å². The van der Waals surface area contributed by atoms with Gasteiger partial charge in [-0.1, -0.05) is 37.3 Å². The maximum atomic E-state index is 12.1. The highest BCUT2D eigenvalue weighted by atomic mass is 32.2. The zero-order chi connectivity index (χ0) is 14.3. The molecule has 1 aromatic carbocycles. The van der Waals surface area contributed by atoms with Gasteiger partial charge in [0.25, 0.3) is 0 Å². The number of carbonyl (C=O) groups excluding carboxylic acids is 2. The van der Waals surface area contributed by atoms with Crippen LogP contribution >= 0.6 is 11.8 Å². The van der Waals surface area contributed by atoms with Gasteiger partial charge in [-0.2, -0.15) is 0 Å². The molecule has 0 radical (unpaired) electrons. The summed E-state index contributed by atoms with van der Waals surface area (Å²) in [6, 6.07) is 9.51. The summed E-state index contributed by atoms with van der Waals surface area (Å²) in [5, 5.41) is 3.42. The summed E-state index contributed by atoms with van der Waals surface area (Å²) in [5.41, 5.74) is 0.967. The Bertz CT molecular complexity index is 534. The maximum absolute atomic E-state index is 12.1. The Balaban J connectivity index is 1.59. The molecule has 2 aliphatic heterocycles. The van der Waals surface area contributed by atoms with E-state index in [1.54, 1.807) is 11.8 Å². The predicted octanol–water partition coefficient (Wildman–Crippen LogP) is 1.41. The van der Waals surface area contributed by atoms with E-state index in [-0.39, 0.29) is 29.3 Å². The minimum absolute atomic E-state index is 0.0563. The van der Waals surface area contributed by atoms with Crippen LogP contribution in [0.5, 0.6) is 0 Å². The van der Waals surface area contributed by atoms with Gasteiger partial charge in [0.2, 0.25) is 11.8 Å². The number of rotatable bonds is 3. The summed E-state index contributed by atoms with van der Waals surface area (Å²) in [4.78, 5) is 26.0. The van der Waals surface area contributed by atoms with Gasteiger partial charge in [-0.3, -0.25) is 9.59 Å². The summed E-state index contributed by atoms with van der Waals surface area (Å²) in [6.45, 7) is 4.20. The van der Waals surface area contributed by atoms with Crippen molar-refractivity contribution in [3.05, 3.63) is 35.9 Å². The van der Waals surface area contributed by atoms with Crippen molar-refractivity contribution in [2.24, 2.45) is 0 Å². The van der Waals surface area contributed by atoms with Crippen molar-refractivity contribution in [2.45, 2.75) is 43.0 Å². The predicted molar refractivity (Wildman–Crippen MR) is 79.2 cm³/mol. The molecule has 1 aromatic rings. The molecule has 0 spiro atoms. The van der Waals surface area contributed by atoms with Gasteiger partial charge in [0.15, 0.2) is 0 Å². The number of thioether (sulfide) groups is 1. The van der Waals surface area contributed by atoms with Crippen molar-refractivity contribution in [3.63, 3.8) is 0 Å². The molecule has 0 aromatic heterocycles. The number of fused-ring (bicyclic) bond motifs is 1. The number of nitrogens with one attached hydrogen (secondary N) is 1. The Morgan fingerprint density at radius 3 is 2.70 bits per heavy atom. The lowest BCUT2D eigenvalue weighted by Gasteiger charge is -2.43. The number of carbonyl (C=O) groups is 2. The quantitative estimate of drug-likeness (QED) is 0.856. The second-order valence-electron chi connectivity index (χ2n) is 5.43. The third-order valence-electron chi connectivity index (χ3n) is 4.08. The minimum Gasteiger partial charge on any atom is -0.341 e. The lowest BCUT2D eigenvalue weighted by Crippen LogP contribution is -2.69. The molecule has 2 fully saturated rings. The molecule has 2 heterocycles. The number of hydrogen-bond acceptors (Lipinski definition) is 3. The topological polar surface area (TPSA) is 49.4 Å². The summed E-state index contributed by atoms with van der Waals surface area (Å²) in [7, 11) is 0. The molecule has 2 aliphatic rings. The van der Waals surface area contributed by atoms with Crippen LogP contribution in [0.15, 0.2) is 30.3 Å². The second kappa shape index (κ2) is 5.13. The highest BCUT2D eigenvalue weighted by Crippen LogP contribution is 2.43. The monoisotopic (exact) mass is 290 g/mol. The average Bonchev–Trinajstić information content (AvgIpc) is 2.70. The summed E-state index contributed by atoms with van der Waals surface area (Å²) >= 11 is 1.77. The van der Waals surface area contributed by atoms with E-state index in [0.29, 0.717) is 11.7 Å². The number of nitrogens with zero attached hydrogens (tertiary/aromatic N) is 1. The van der Waals surface area contributed by atoms with Gasteiger partial charge in [-0.05, 0) is 12.5 Å². The molecule has 1 N–H and O–H groups in total. The van der Waals surface area contributed by atoms with Gasteiger partial charge in [-0.15, -0.1) is 11.8 Å². The van der Waals surface area contributed by atoms with Gasteiger partial charge in [0.1, 0.15) is 11.4 Å².